The van der Waals surface area contributed by atoms with Crippen LogP contribution in [0.1, 0.15) is 17.9 Å². The van der Waals surface area contributed by atoms with Crippen molar-refractivity contribution in [2.24, 2.45) is 0 Å². The molecule has 0 aromatic carbocycles. The van der Waals surface area contributed by atoms with Gasteiger partial charge in [0.1, 0.15) is 5.82 Å². The van der Waals surface area contributed by atoms with Gasteiger partial charge in [0.25, 0.3) is 5.91 Å². The van der Waals surface area contributed by atoms with Gasteiger partial charge in [-0.05, 0) is 19.4 Å². The number of carbonyl (C=O) groups excluding carboxylic acids is 1. The lowest BCUT2D eigenvalue weighted by Crippen LogP contribution is -2.30. The third kappa shape index (κ3) is 3.59. The number of anilines is 1. The van der Waals surface area contributed by atoms with Gasteiger partial charge in [0.15, 0.2) is 23.6 Å². The van der Waals surface area contributed by atoms with Crippen LogP contribution in [0.25, 0.3) is 11.2 Å². The van der Waals surface area contributed by atoms with Crippen molar-refractivity contribution in [3.63, 3.8) is 0 Å². The van der Waals surface area contributed by atoms with Crippen LogP contribution in [0.5, 0.6) is 11.9 Å². The molecule has 4 rings (SSSR count). The third-order valence-corrected chi connectivity index (χ3v) is 4.12. The Kier molecular flexibility index (Phi) is 4.45. The van der Waals surface area contributed by atoms with Gasteiger partial charge in [-0.3, -0.25) is 4.79 Å². The minimum Gasteiger partial charge on any atom is -0.468 e. The SMILES string of the molecule is Cc1nc2c(N)nc3nc2n1Cc1cccc(n1)OCC(=O)NCCCO3. The Labute approximate surface area is 154 Å². The molecule has 10 heteroatoms. The highest BCUT2D eigenvalue weighted by atomic mass is 16.5. The summed E-state index contributed by atoms with van der Waals surface area (Å²) in [4.78, 5) is 29.4. The zero-order valence-electron chi connectivity index (χ0n) is 14.8. The number of pyridine rings is 1. The largest absolute Gasteiger partial charge is 0.468 e. The number of nitrogens with one attached hydrogen (secondary N) is 1. The normalized spacial score (nSPS) is 15.2. The second-order valence-corrected chi connectivity index (χ2v) is 6.12. The smallest absolute Gasteiger partial charge is 0.320 e. The van der Waals surface area contributed by atoms with E-state index in [2.05, 4.69) is 25.3 Å². The summed E-state index contributed by atoms with van der Waals surface area (Å²) in [7, 11) is 0. The average molecular weight is 369 g/mol. The number of ether oxygens (including phenoxy) is 2. The minimum atomic E-state index is -0.219. The second kappa shape index (κ2) is 7.06. The molecule has 0 aliphatic carbocycles. The van der Waals surface area contributed by atoms with Gasteiger partial charge in [-0.25, -0.2) is 9.97 Å². The average Bonchev–Trinajstić information content (AvgIpc) is 2.96. The van der Waals surface area contributed by atoms with Crippen molar-refractivity contribution in [3.8, 4) is 11.9 Å². The van der Waals surface area contributed by atoms with E-state index in [-0.39, 0.29) is 24.3 Å². The van der Waals surface area contributed by atoms with Crippen molar-refractivity contribution in [2.45, 2.75) is 19.9 Å². The summed E-state index contributed by atoms with van der Waals surface area (Å²) in [5, 5.41) is 2.76. The molecular formula is C17H19N7O3. The van der Waals surface area contributed by atoms with Gasteiger partial charge in [0.2, 0.25) is 5.88 Å². The lowest BCUT2D eigenvalue weighted by Gasteiger charge is -2.11. The number of carbonyl (C=O) groups is 1. The van der Waals surface area contributed by atoms with Crippen LogP contribution in [-0.4, -0.2) is 50.2 Å². The zero-order valence-corrected chi connectivity index (χ0v) is 14.8. The fraction of sp³-hybridized carbons (Fsp3) is 0.353. The Morgan fingerprint density at radius 3 is 2.96 bits per heavy atom. The summed E-state index contributed by atoms with van der Waals surface area (Å²) < 4.78 is 13.0. The molecule has 4 heterocycles. The molecule has 0 unspecified atom stereocenters. The maximum Gasteiger partial charge on any atom is 0.320 e. The number of nitrogens with two attached hydrogens (primary N) is 1. The van der Waals surface area contributed by atoms with Crippen LogP contribution in [-0.2, 0) is 11.3 Å². The summed E-state index contributed by atoms with van der Waals surface area (Å²) in [6.07, 6.45) is 0.596. The monoisotopic (exact) mass is 369 g/mol. The molecule has 4 bridgehead atoms. The van der Waals surface area contributed by atoms with E-state index in [1.807, 2.05) is 23.6 Å². The first-order valence-corrected chi connectivity index (χ1v) is 8.59. The van der Waals surface area contributed by atoms with E-state index in [1.165, 1.54) is 0 Å². The molecule has 0 saturated carbocycles. The highest BCUT2D eigenvalue weighted by molar-refractivity contribution is 5.82. The van der Waals surface area contributed by atoms with E-state index in [0.717, 1.165) is 11.5 Å². The molecule has 0 radical (unpaired) electrons. The molecule has 3 aromatic heterocycles. The summed E-state index contributed by atoms with van der Waals surface area (Å²) >= 11 is 0. The van der Waals surface area contributed by atoms with Crippen molar-refractivity contribution in [1.82, 2.24) is 29.8 Å². The van der Waals surface area contributed by atoms with Crippen molar-refractivity contribution < 1.29 is 14.3 Å². The third-order valence-electron chi connectivity index (χ3n) is 4.12. The van der Waals surface area contributed by atoms with Crippen LogP contribution in [0.3, 0.4) is 0 Å². The van der Waals surface area contributed by atoms with Gasteiger partial charge >= 0.3 is 6.01 Å². The number of aryl methyl sites for hydroxylation is 1. The summed E-state index contributed by atoms with van der Waals surface area (Å²) in [5.74, 6) is 1.16. The molecular weight excluding hydrogens is 350 g/mol. The molecule has 3 N–H and O–H groups in total. The van der Waals surface area contributed by atoms with E-state index in [4.69, 9.17) is 15.2 Å². The van der Waals surface area contributed by atoms with E-state index >= 15 is 0 Å². The van der Waals surface area contributed by atoms with Crippen molar-refractivity contribution in [3.05, 3.63) is 29.7 Å². The molecule has 0 atom stereocenters. The number of hydrogen-bond acceptors (Lipinski definition) is 8. The lowest BCUT2D eigenvalue weighted by molar-refractivity contribution is -0.123. The molecule has 1 aliphatic heterocycles. The molecule has 0 fully saturated rings. The Hall–Kier alpha value is -3.43. The maximum absolute atomic E-state index is 11.8. The molecule has 3 aromatic rings. The van der Waals surface area contributed by atoms with Crippen LogP contribution in [0.15, 0.2) is 18.2 Å². The van der Waals surface area contributed by atoms with Crippen molar-refractivity contribution in [2.75, 3.05) is 25.5 Å². The van der Waals surface area contributed by atoms with E-state index < -0.39 is 0 Å². The number of nitrogen functional groups attached to an aromatic ring is 1. The van der Waals surface area contributed by atoms with E-state index in [1.54, 1.807) is 6.07 Å². The van der Waals surface area contributed by atoms with Crippen molar-refractivity contribution in [1.29, 1.82) is 0 Å². The Bertz CT molecular complexity index is 1000. The fourth-order valence-electron chi connectivity index (χ4n) is 2.81. The number of hydrogen-bond donors (Lipinski definition) is 2. The van der Waals surface area contributed by atoms with Crippen molar-refractivity contribution >= 4 is 22.9 Å². The molecule has 140 valence electrons. The zero-order chi connectivity index (χ0) is 18.8. The number of rotatable bonds is 0. The predicted octanol–water partition coefficient (Wildman–Crippen LogP) is 0.438. The number of fused-ring (bicyclic) bond motifs is 3. The van der Waals surface area contributed by atoms with Gasteiger partial charge in [-0.15, -0.1) is 0 Å². The summed E-state index contributed by atoms with van der Waals surface area (Å²) in [5.41, 5.74) is 7.89. The van der Waals surface area contributed by atoms with Gasteiger partial charge in [0, 0.05) is 12.6 Å². The topological polar surface area (TPSA) is 130 Å². The van der Waals surface area contributed by atoms with Crippen LogP contribution in [0, 0.1) is 6.92 Å². The first-order chi connectivity index (χ1) is 13.1. The standard InChI is InChI=1S/C17H19N7O3/c1-10-20-14-15(18)22-17-23-16(14)24(10)8-11-4-2-5-13(21-11)27-9-12(25)19-6-3-7-26-17/h2,4-5H,3,6-9H2,1H3,(H,19,25)(H2,18,22,23). The summed E-state index contributed by atoms with van der Waals surface area (Å²) in [6, 6.07) is 5.59. The Balaban J connectivity index is 1.76. The highest BCUT2D eigenvalue weighted by Gasteiger charge is 2.16. The molecule has 10 nitrogen and oxygen atoms in total. The predicted molar refractivity (Wildman–Crippen MR) is 96.4 cm³/mol. The Morgan fingerprint density at radius 2 is 2.07 bits per heavy atom. The minimum absolute atomic E-state index is 0.0929. The van der Waals surface area contributed by atoms with Gasteiger partial charge in [0.05, 0.1) is 18.8 Å². The number of imidazole rings is 1. The number of amides is 1. The van der Waals surface area contributed by atoms with Crippen LogP contribution < -0.4 is 20.5 Å². The second-order valence-electron chi connectivity index (χ2n) is 6.12. The maximum atomic E-state index is 11.8. The first-order valence-electron chi connectivity index (χ1n) is 8.59. The molecule has 0 saturated heterocycles. The first kappa shape index (κ1) is 17.0. The van der Waals surface area contributed by atoms with Gasteiger partial charge in [-0.1, -0.05) is 6.07 Å². The van der Waals surface area contributed by atoms with E-state index in [0.29, 0.717) is 43.2 Å². The van der Waals surface area contributed by atoms with Crippen LogP contribution in [0.2, 0.25) is 0 Å². The molecule has 1 amide bonds. The highest BCUT2D eigenvalue weighted by Crippen LogP contribution is 2.22. The van der Waals surface area contributed by atoms with Gasteiger partial charge in [-0.2, -0.15) is 9.97 Å². The lowest BCUT2D eigenvalue weighted by atomic mass is 10.3. The van der Waals surface area contributed by atoms with Crippen LogP contribution >= 0.6 is 0 Å². The Morgan fingerprint density at radius 1 is 1.19 bits per heavy atom. The number of nitrogens with zero attached hydrogens (tertiary/aromatic N) is 5. The van der Waals surface area contributed by atoms with E-state index in [9.17, 15) is 4.79 Å². The fourth-order valence-corrected chi connectivity index (χ4v) is 2.81. The molecule has 27 heavy (non-hydrogen) atoms. The molecule has 1 aliphatic rings. The molecule has 0 spiro atoms. The van der Waals surface area contributed by atoms with Gasteiger partial charge < -0.3 is 25.1 Å². The number of aromatic nitrogens is 5. The summed E-state index contributed by atoms with van der Waals surface area (Å²) in [6.45, 7) is 2.99. The quantitative estimate of drug-likeness (QED) is 0.584. The van der Waals surface area contributed by atoms with Crippen LogP contribution in [0.4, 0.5) is 5.82 Å².